The first-order valence-corrected chi connectivity index (χ1v) is 8.72. The second-order valence-electron chi connectivity index (χ2n) is 6.22. The molecule has 24 heavy (non-hydrogen) atoms. The molecule has 2 aromatic rings. The summed E-state index contributed by atoms with van der Waals surface area (Å²) in [7, 11) is 0. The van der Waals surface area contributed by atoms with Gasteiger partial charge in [0.05, 0.1) is 17.1 Å². The fourth-order valence-corrected chi connectivity index (χ4v) is 3.63. The number of hydrogen-bond donors (Lipinski definition) is 2. The fraction of sp³-hybridized carbons (Fsp3) is 0.412. The van der Waals surface area contributed by atoms with E-state index >= 15 is 0 Å². The van der Waals surface area contributed by atoms with Gasteiger partial charge in [-0.1, -0.05) is 12.8 Å². The number of nitrogens with zero attached hydrogens (tertiary/aromatic N) is 1. The SMILES string of the molecule is O=[N+]([O-])c1ccc(-c2ccc(CNCC3(O)CCCC3)o2)c(Br)c1. The Morgan fingerprint density at radius 1 is 1.29 bits per heavy atom. The van der Waals surface area contributed by atoms with E-state index in [0.29, 0.717) is 23.3 Å². The van der Waals surface area contributed by atoms with Crippen LogP contribution < -0.4 is 5.32 Å². The van der Waals surface area contributed by atoms with Crippen LogP contribution >= 0.6 is 15.9 Å². The molecule has 0 saturated heterocycles. The highest BCUT2D eigenvalue weighted by Crippen LogP contribution is 2.33. The molecule has 0 spiro atoms. The molecule has 1 saturated carbocycles. The summed E-state index contributed by atoms with van der Waals surface area (Å²) >= 11 is 3.35. The molecule has 1 aromatic heterocycles. The van der Waals surface area contributed by atoms with Crippen molar-refractivity contribution in [2.45, 2.75) is 37.8 Å². The first-order valence-electron chi connectivity index (χ1n) is 7.93. The molecule has 6 nitrogen and oxygen atoms in total. The Kier molecular flexibility index (Phi) is 5.03. The summed E-state index contributed by atoms with van der Waals surface area (Å²) in [5.74, 6) is 1.41. The lowest BCUT2D eigenvalue weighted by atomic mass is 10.0. The molecule has 7 heteroatoms. The quantitative estimate of drug-likeness (QED) is 0.570. The van der Waals surface area contributed by atoms with E-state index in [0.717, 1.165) is 37.0 Å². The smallest absolute Gasteiger partial charge is 0.270 e. The van der Waals surface area contributed by atoms with Gasteiger partial charge < -0.3 is 14.8 Å². The van der Waals surface area contributed by atoms with Crippen molar-refractivity contribution in [1.82, 2.24) is 5.32 Å². The Morgan fingerprint density at radius 2 is 2.04 bits per heavy atom. The van der Waals surface area contributed by atoms with Gasteiger partial charge in [-0.25, -0.2) is 0 Å². The van der Waals surface area contributed by atoms with Crippen molar-refractivity contribution in [2.24, 2.45) is 0 Å². The maximum Gasteiger partial charge on any atom is 0.270 e. The van der Waals surface area contributed by atoms with Crippen LogP contribution in [0.15, 0.2) is 39.2 Å². The molecule has 1 aliphatic rings. The molecule has 1 aliphatic carbocycles. The van der Waals surface area contributed by atoms with Crippen LogP contribution in [0.3, 0.4) is 0 Å². The third kappa shape index (κ3) is 3.85. The van der Waals surface area contributed by atoms with Crippen LogP contribution in [0.25, 0.3) is 11.3 Å². The van der Waals surface area contributed by atoms with Gasteiger partial charge >= 0.3 is 0 Å². The van der Waals surface area contributed by atoms with E-state index in [2.05, 4.69) is 21.2 Å². The van der Waals surface area contributed by atoms with Crippen molar-refractivity contribution < 1.29 is 14.4 Å². The lowest BCUT2D eigenvalue weighted by Crippen LogP contribution is -2.37. The number of non-ortho nitro benzene ring substituents is 1. The number of nitro groups is 1. The van der Waals surface area contributed by atoms with E-state index in [1.165, 1.54) is 12.1 Å². The van der Waals surface area contributed by atoms with Gasteiger partial charge in [0, 0.05) is 28.7 Å². The second kappa shape index (κ2) is 7.04. The summed E-state index contributed by atoms with van der Waals surface area (Å²) in [6, 6.07) is 8.29. The van der Waals surface area contributed by atoms with E-state index < -0.39 is 10.5 Å². The minimum Gasteiger partial charge on any atom is -0.460 e. The molecule has 1 heterocycles. The maximum absolute atomic E-state index is 10.8. The van der Waals surface area contributed by atoms with Gasteiger partial charge in [-0.15, -0.1) is 0 Å². The third-order valence-electron chi connectivity index (χ3n) is 4.38. The normalized spacial score (nSPS) is 16.4. The van der Waals surface area contributed by atoms with Gasteiger partial charge in [0.1, 0.15) is 11.5 Å². The molecule has 128 valence electrons. The number of aliphatic hydroxyl groups is 1. The molecular weight excluding hydrogens is 376 g/mol. The molecule has 0 unspecified atom stereocenters. The number of furan rings is 1. The molecule has 1 fully saturated rings. The fourth-order valence-electron chi connectivity index (χ4n) is 3.06. The van der Waals surface area contributed by atoms with E-state index in [4.69, 9.17) is 4.42 Å². The summed E-state index contributed by atoms with van der Waals surface area (Å²) in [4.78, 5) is 10.4. The Hall–Kier alpha value is -1.70. The van der Waals surface area contributed by atoms with Gasteiger partial charge in [-0.2, -0.15) is 0 Å². The Morgan fingerprint density at radius 3 is 2.71 bits per heavy atom. The van der Waals surface area contributed by atoms with Crippen LogP contribution in [-0.2, 0) is 6.54 Å². The second-order valence-corrected chi connectivity index (χ2v) is 7.08. The van der Waals surface area contributed by atoms with Gasteiger partial charge in [-0.3, -0.25) is 10.1 Å². The average Bonchev–Trinajstić information content (AvgIpc) is 3.17. The lowest BCUT2D eigenvalue weighted by molar-refractivity contribution is -0.384. The molecule has 0 amide bonds. The van der Waals surface area contributed by atoms with E-state index in [-0.39, 0.29) is 5.69 Å². The van der Waals surface area contributed by atoms with Gasteiger partial charge in [0.15, 0.2) is 0 Å². The van der Waals surface area contributed by atoms with Gasteiger partial charge in [-0.05, 0) is 47.0 Å². The topological polar surface area (TPSA) is 88.5 Å². The molecule has 2 N–H and O–H groups in total. The van der Waals surface area contributed by atoms with E-state index in [9.17, 15) is 15.2 Å². The zero-order valence-corrected chi connectivity index (χ0v) is 14.7. The van der Waals surface area contributed by atoms with Crippen molar-refractivity contribution in [3.63, 3.8) is 0 Å². The minimum atomic E-state index is -0.586. The summed E-state index contributed by atoms with van der Waals surface area (Å²) in [5.41, 5.74) is 0.210. The van der Waals surface area contributed by atoms with E-state index in [1.54, 1.807) is 6.07 Å². The number of halogens is 1. The molecule has 0 radical (unpaired) electrons. The standard InChI is InChI=1S/C17H19BrN2O4/c18-15-9-12(20(22)23)3-5-14(15)16-6-4-13(24-16)10-19-11-17(21)7-1-2-8-17/h3-6,9,19,21H,1-2,7-8,10-11H2. The molecule has 1 aromatic carbocycles. The number of rotatable bonds is 6. The summed E-state index contributed by atoms with van der Waals surface area (Å²) in [5, 5.41) is 24.3. The monoisotopic (exact) mass is 394 g/mol. The molecule has 0 atom stereocenters. The van der Waals surface area contributed by atoms with Crippen LogP contribution in [0.1, 0.15) is 31.4 Å². The lowest BCUT2D eigenvalue weighted by Gasteiger charge is -2.22. The molecule has 0 bridgehead atoms. The first-order chi connectivity index (χ1) is 11.5. The third-order valence-corrected chi connectivity index (χ3v) is 5.03. The zero-order valence-electron chi connectivity index (χ0n) is 13.1. The highest BCUT2D eigenvalue weighted by molar-refractivity contribution is 9.10. The molecular formula is C17H19BrN2O4. The molecule has 3 rings (SSSR count). The predicted octanol–water partition coefficient (Wildman–Crippen LogP) is 4.01. The van der Waals surface area contributed by atoms with Crippen LogP contribution in [0.5, 0.6) is 0 Å². The van der Waals surface area contributed by atoms with Gasteiger partial charge in [0.25, 0.3) is 5.69 Å². The highest BCUT2D eigenvalue weighted by Gasteiger charge is 2.30. The largest absolute Gasteiger partial charge is 0.460 e. The highest BCUT2D eigenvalue weighted by atomic mass is 79.9. The Balaban J connectivity index is 1.64. The Bertz CT molecular complexity index is 738. The first kappa shape index (κ1) is 17.1. The van der Waals surface area contributed by atoms with Crippen molar-refractivity contribution in [3.8, 4) is 11.3 Å². The number of hydrogen-bond acceptors (Lipinski definition) is 5. The van der Waals surface area contributed by atoms with Crippen LogP contribution in [0, 0.1) is 10.1 Å². The van der Waals surface area contributed by atoms with Crippen LogP contribution in [0.4, 0.5) is 5.69 Å². The average molecular weight is 395 g/mol. The van der Waals surface area contributed by atoms with Crippen LogP contribution in [0.2, 0.25) is 0 Å². The van der Waals surface area contributed by atoms with Crippen molar-refractivity contribution in [3.05, 3.63) is 50.7 Å². The van der Waals surface area contributed by atoms with Crippen LogP contribution in [-0.4, -0.2) is 22.2 Å². The van der Waals surface area contributed by atoms with Crippen molar-refractivity contribution in [1.29, 1.82) is 0 Å². The summed E-state index contributed by atoms with van der Waals surface area (Å²) in [6.07, 6.45) is 3.85. The Labute approximate surface area is 148 Å². The number of nitro benzene ring substituents is 1. The molecule has 0 aliphatic heterocycles. The zero-order chi connectivity index (χ0) is 17.2. The number of benzene rings is 1. The van der Waals surface area contributed by atoms with Gasteiger partial charge in [0.2, 0.25) is 0 Å². The predicted molar refractivity (Wildman–Crippen MR) is 93.6 cm³/mol. The van der Waals surface area contributed by atoms with E-state index in [1.807, 2.05) is 12.1 Å². The van der Waals surface area contributed by atoms with Crippen molar-refractivity contribution in [2.75, 3.05) is 6.54 Å². The maximum atomic E-state index is 10.8. The summed E-state index contributed by atoms with van der Waals surface area (Å²) in [6.45, 7) is 1.09. The van der Waals surface area contributed by atoms with Crippen molar-refractivity contribution >= 4 is 21.6 Å². The summed E-state index contributed by atoms with van der Waals surface area (Å²) < 4.78 is 6.42. The number of nitrogens with one attached hydrogen (secondary N) is 1. The minimum absolute atomic E-state index is 0.0314.